The largest absolute Gasteiger partial charge is 0.300 e. The van der Waals surface area contributed by atoms with Gasteiger partial charge in [-0.2, -0.15) is 0 Å². The predicted molar refractivity (Wildman–Crippen MR) is 74.2 cm³/mol. The summed E-state index contributed by atoms with van der Waals surface area (Å²) in [6.45, 7) is -1.65. The van der Waals surface area contributed by atoms with E-state index in [1.54, 1.807) is 18.6 Å². The second-order valence-electron chi connectivity index (χ2n) is 4.99. The minimum atomic E-state index is -2.30. The number of pyridine rings is 1. The maximum Gasteiger partial charge on any atom is 0.292 e. The van der Waals surface area contributed by atoms with Crippen LogP contribution in [-0.4, -0.2) is 18.9 Å². The highest BCUT2D eigenvalue weighted by atomic mass is 15.2. The maximum absolute atomic E-state index is 8.02. The van der Waals surface area contributed by atoms with Crippen LogP contribution in [0.25, 0.3) is 28.1 Å². The number of nitrogens with zero attached hydrogens (tertiary/aromatic N) is 5. The lowest BCUT2D eigenvalue weighted by molar-refractivity contribution is -0.633. The van der Waals surface area contributed by atoms with E-state index in [0.717, 1.165) is 16.6 Å². The van der Waals surface area contributed by atoms with Crippen molar-refractivity contribution in [3.63, 3.8) is 0 Å². The Morgan fingerprint density at radius 2 is 2.40 bits per heavy atom. The quantitative estimate of drug-likeness (QED) is 0.398. The van der Waals surface area contributed by atoms with Gasteiger partial charge in [-0.05, 0) is 12.1 Å². The molecule has 0 saturated heterocycles. The van der Waals surface area contributed by atoms with Gasteiger partial charge in [0.15, 0.2) is 11.2 Å². The number of imidazole rings is 1. The van der Waals surface area contributed by atoms with E-state index in [1.165, 1.54) is 4.57 Å². The molecule has 96 valence electrons. The average Bonchev–Trinajstić information content (AvgIpc) is 3.13. The minimum absolute atomic E-state index is 0.634. The van der Waals surface area contributed by atoms with Crippen LogP contribution in [0, 0.1) is 0 Å². The molecule has 0 radical (unpaired) electrons. The van der Waals surface area contributed by atoms with Crippen molar-refractivity contribution in [1.29, 1.82) is 0 Å². The third kappa shape index (κ3) is 1.02. The Labute approximate surface area is 119 Å². The molecule has 5 rings (SSSR count). The summed E-state index contributed by atoms with van der Waals surface area (Å²) >= 11 is 0. The van der Waals surface area contributed by atoms with Crippen LogP contribution in [0.3, 0.4) is 0 Å². The van der Waals surface area contributed by atoms with Crippen molar-refractivity contribution in [2.75, 3.05) is 0 Å². The standard InChI is InChI=1S/C15H12N5/c1-18-13-12(9-19-6-2-4-17-14(13)19)20-8-10-3-5-16-7-11(10)15(18)20/h2-7,9H,8H2,1H3/q+1/i1D3. The van der Waals surface area contributed by atoms with E-state index in [-0.39, 0.29) is 0 Å². The molecule has 5 nitrogen and oxygen atoms in total. The summed E-state index contributed by atoms with van der Waals surface area (Å²) < 4.78 is 29.4. The van der Waals surface area contributed by atoms with Gasteiger partial charge >= 0.3 is 0 Å². The smallest absolute Gasteiger partial charge is 0.292 e. The van der Waals surface area contributed by atoms with Gasteiger partial charge in [-0.25, -0.2) is 14.1 Å². The summed E-state index contributed by atoms with van der Waals surface area (Å²) in [5.41, 5.74) is 4.10. The van der Waals surface area contributed by atoms with Crippen molar-refractivity contribution in [2.24, 2.45) is 6.98 Å². The van der Waals surface area contributed by atoms with E-state index < -0.39 is 6.98 Å². The second kappa shape index (κ2) is 3.25. The molecule has 4 aromatic heterocycles. The summed E-state index contributed by atoms with van der Waals surface area (Å²) in [4.78, 5) is 8.54. The predicted octanol–water partition coefficient (Wildman–Crippen LogP) is 1.54. The molecule has 0 saturated carbocycles. The van der Waals surface area contributed by atoms with Crippen molar-refractivity contribution in [3.8, 4) is 11.4 Å². The van der Waals surface area contributed by atoms with E-state index in [4.69, 9.17) is 4.11 Å². The Bertz CT molecular complexity index is 1090. The zero-order valence-electron chi connectivity index (χ0n) is 13.5. The summed E-state index contributed by atoms with van der Waals surface area (Å²) in [7, 11) is 0. The summed E-state index contributed by atoms with van der Waals surface area (Å²) in [6.07, 6.45) is 8.96. The third-order valence-corrected chi connectivity index (χ3v) is 3.95. The SMILES string of the molecule is [2H]C([2H])([2H])[n+]1c2n(c3cn4cccnc4c31)Cc1ccncc1-2. The van der Waals surface area contributed by atoms with Gasteiger partial charge in [0, 0.05) is 30.4 Å². The summed E-state index contributed by atoms with van der Waals surface area (Å²) in [5, 5.41) is 0. The second-order valence-corrected chi connectivity index (χ2v) is 4.99. The average molecular weight is 265 g/mol. The van der Waals surface area contributed by atoms with Crippen molar-refractivity contribution in [1.82, 2.24) is 18.9 Å². The van der Waals surface area contributed by atoms with Crippen LogP contribution in [0.1, 0.15) is 9.68 Å². The number of fused-ring (bicyclic) bond motifs is 7. The lowest BCUT2D eigenvalue weighted by atomic mass is 10.2. The van der Waals surface area contributed by atoms with Crippen LogP contribution < -0.4 is 4.57 Å². The number of aromatic nitrogens is 5. The molecule has 0 spiro atoms. The zero-order chi connectivity index (χ0) is 15.8. The van der Waals surface area contributed by atoms with E-state index in [9.17, 15) is 0 Å². The Morgan fingerprint density at radius 1 is 1.40 bits per heavy atom. The van der Waals surface area contributed by atoms with Gasteiger partial charge in [0.25, 0.3) is 5.82 Å². The van der Waals surface area contributed by atoms with Crippen molar-refractivity contribution in [2.45, 2.75) is 6.54 Å². The molecule has 4 aromatic rings. The third-order valence-electron chi connectivity index (χ3n) is 3.95. The number of rotatable bonds is 0. The van der Waals surface area contributed by atoms with Crippen LogP contribution in [0.15, 0.2) is 43.1 Å². The zero-order valence-corrected chi connectivity index (χ0v) is 10.5. The fourth-order valence-corrected chi connectivity index (χ4v) is 3.09. The topological polar surface area (TPSA) is 39.0 Å². The Morgan fingerprint density at radius 3 is 3.35 bits per heavy atom. The molecule has 20 heavy (non-hydrogen) atoms. The molecule has 0 bridgehead atoms. The Kier molecular flexibility index (Phi) is 1.27. The Hall–Kier alpha value is -2.69. The fraction of sp³-hybridized carbons (Fsp3) is 0.133. The van der Waals surface area contributed by atoms with Crippen molar-refractivity contribution >= 4 is 16.7 Å². The molecule has 0 fully saturated rings. The van der Waals surface area contributed by atoms with Gasteiger partial charge in [0.2, 0.25) is 5.52 Å². The lowest BCUT2D eigenvalue weighted by Crippen LogP contribution is -2.29. The molecule has 0 amide bonds. The van der Waals surface area contributed by atoms with Crippen LogP contribution >= 0.6 is 0 Å². The van der Waals surface area contributed by atoms with Crippen LogP contribution in [-0.2, 0) is 13.5 Å². The normalized spacial score (nSPS) is 15.9. The first-order chi connectivity index (χ1) is 11.1. The van der Waals surface area contributed by atoms with Crippen molar-refractivity contribution < 1.29 is 8.68 Å². The molecule has 5 heterocycles. The van der Waals surface area contributed by atoms with Crippen LogP contribution in [0.2, 0.25) is 0 Å². The van der Waals surface area contributed by atoms with E-state index in [0.29, 0.717) is 23.5 Å². The highest BCUT2D eigenvalue weighted by Crippen LogP contribution is 2.33. The molecular formula is C15H12N5+. The van der Waals surface area contributed by atoms with Gasteiger partial charge in [-0.15, -0.1) is 0 Å². The maximum atomic E-state index is 8.02. The lowest BCUT2D eigenvalue weighted by Gasteiger charge is -1.95. The molecule has 0 N–H and O–H groups in total. The van der Waals surface area contributed by atoms with E-state index >= 15 is 0 Å². The van der Waals surface area contributed by atoms with Gasteiger partial charge in [0.1, 0.15) is 6.54 Å². The van der Waals surface area contributed by atoms with Crippen LogP contribution in [0.4, 0.5) is 0 Å². The first-order valence-electron chi connectivity index (χ1n) is 7.89. The number of aryl methyl sites for hydroxylation is 1. The fourth-order valence-electron chi connectivity index (χ4n) is 3.09. The molecular weight excluding hydrogens is 250 g/mol. The summed E-state index contributed by atoms with van der Waals surface area (Å²) in [6, 6.07) is 3.77. The minimum Gasteiger partial charge on any atom is -0.300 e. The highest BCUT2D eigenvalue weighted by molar-refractivity contribution is 5.89. The van der Waals surface area contributed by atoms with Gasteiger partial charge in [-0.1, -0.05) is 0 Å². The molecule has 5 heteroatoms. The van der Waals surface area contributed by atoms with E-state index in [1.807, 2.05) is 33.5 Å². The first-order valence-corrected chi connectivity index (χ1v) is 6.39. The molecule has 1 aliphatic rings. The number of hydrogen-bond acceptors (Lipinski definition) is 2. The molecule has 0 aromatic carbocycles. The van der Waals surface area contributed by atoms with Crippen LogP contribution in [0.5, 0.6) is 0 Å². The summed E-state index contributed by atoms with van der Waals surface area (Å²) in [5.74, 6) is 0.672. The van der Waals surface area contributed by atoms with Crippen molar-refractivity contribution in [3.05, 3.63) is 48.7 Å². The van der Waals surface area contributed by atoms with E-state index in [2.05, 4.69) is 9.97 Å². The molecule has 0 atom stereocenters. The van der Waals surface area contributed by atoms with Gasteiger partial charge in [0.05, 0.1) is 22.8 Å². The monoisotopic (exact) mass is 265 g/mol. The van der Waals surface area contributed by atoms with Gasteiger partial charge < -0.3 is 4.40 Å². The molecule has 1 aliphatic heterocycles. The number of hydrogen-bond donors (Lipinski definition) is 0. The molecule has 0 unspecified atom stereocenters. The molecule has 0 aliphatic carbocycles. The Balaban J connectivity index is 2.01. The van der Waals surface area contributed by atoms with Gasteiger partial charge in [-0.3, -0.25) is 4.98 Å². The first kappa shape index (κ1) is 7.79. The highest BCUT2D eigenvalue weighted by Gasteiger charge is 2.34.